The lowest BCUT2D eigenvalue weighted by Crippen LogP contribution is -2.35. The number of anilines is 1. The largest absolute Gasteiger partial charge is 0.497 e. The molecule has 0 radical (unpaired) electrons. The topological polar surface area (TPSA) is 111 Å². The van der Waals surface area contributed by atoms with Gasteiger partial charge in [-0.1, -0.05) is 25.1 Å². The van der Waals surface area contributed by atoms with Crippen molar-refractivity contribution in [1.82, 2.24) is 0 Å². The van der Waals surface area contributed by atoms with E-state index in [2.05, 4.69) is 5.32 Å². The van der Waals surface area contributed by atoms with E-state index in [-0.39, 0.29) is 41.4 Å². The van der Waals surface area contributed by atoms with Crippen LogP contribution in [0.15, 0.2) is 47.5 Å². The predicted octanol–water partition coefficient (Wildman–Crippen LogP) is 5.26. The molecule has 2 aromatic carbocycles. The van der Waals surface area contributed by atoms with E-state index < -0.39 is 5.54 Å². The van der Waals surface area contributed by atoms with Crippen molar-refractivity contribution in [2.45, 2.75) is 70.9 Å². The summed E-state index contributed by atoms with van der Waals surface area (Å²) in [6.07, 6.45) is 1.40. The fourth-order valence-electron chi connectivity index (χ4n) is 4.20. The smallest absolute Gasteiger partial charge is 0.224 e. The molecule has 1 atom stereocenters. The van der Waals surface area contributed by atoms with Crippen LogP contribution in [-0.2, 0) is 11.2 Å². The van der Waals surface area contributed by atoms with Crippen LogP contribution in [0.4, 0.5) is 5.69 Å². The molecule has 0 aliphatic carbocycles. The van der Waals surface area contributed by atoms with Gasteiger partial charge in [0.05, 0.1) is 24.8 Å². The first-order valence-corrected chi connectivity index (χ1v) is 11.8. The van der Waals surface area contributed by atoms with Gasteiger partial charge in [0.15, 0.2) is 5.78 Å². The maximum Gasteiger partial charge on any atom is 0.224 e. The van der Waals surface area contributed by atoms with Crippen molar-refractivity contribution in [3.63, 3.8) is 0 Å². The molecule has 0 saturated carbocycles. The van der Waals surface area contributed by atoms with E-state index in [0.717, 1.165) is 17.5 Å². The number of carbonyl (C=O) groups excluding carboxylic acids is 2. The molecule has 1 unspecified atom stereocenters. The van der Waals surface area contributed by atoms with Crippen molar-refractivity contribution < 1.29 is 19.2 Å². The molecule has 1 aliphatic rings. The second-order valence-electron chi connectivity index (χ2n) is 9.91. The van der Waals surface area contributed by atoms with Crippen LogP contribution in [0.2, 0.25) is 0 Å². The minimum Gasteiger partial charge on any atom is -0.497 e. The van der Waals surface area contributed by atoms with Gasteiger partial charge in [0.25, 0.3) is 0 Å². The number of nitrogens with one attached hydrogen (secondary N) is 1. The molecule has 0 spiro atoms. The Hall–Kier alpha value is -3.55. The maximum atomic E-state index is 13.2. The number of Topliss-reactive ketones (excluding diaryl/α,β-unsaturated/α-hetero) is 1. The number of fused-ring (bicyclic) bond motifs is 1. The third kappa shape index (κ3) is 6.32. The van der Waals surface area contributed by atoms with E-state index in [4.69, 9.17) is 9.73 Å². The highest BCUT2D eigenvalue weighted by Gasteiger charge is 2.35. The molecule has 0 fully saturated rings. The molecule has 1 N–H and O–H groups in total. The lowest BCUT2D eigenvalue weighted by molar-refractivity contribution is -0.566. The molecule has 1 aliphatic heterocycles. The quantitative estimate of drug-likeness (QED) is 0.284. The Kier molecular flexibility index (Phi) is 7.73. The van der Waals surface area contributed by atoms with E-state index in [0.29, 0.717) is 29.1 Å². The Morgan fingerprint density at radius 2 is 1.97 bits per heavy atom. The third-order valence-corrected chi connectivity index (χ3v) is 6.58. The average Bonchev–Trinajstić information content (AvgIpc) is 2.81. The summed E-state index contributed by atoms with van der Waals surface area (Å²) in [5.74, 6) is 0.276. The second kappa shape index (κ2) is 10.4. The van der Waals surface area contributed by atoms with Gasteiger partial charge in [-0.2, -0.15) is 0 Å². The van der Waals surface area contributed by atoms with Crippen LogP contribution >= 0.6 is 0 Å². The summed E-state index contributed by atoms with van der Waals surface area (Å²) in [5.41, 5.74) is 2.25. The van der Waals surface area contributed by atoms with Gasteiger partial charge in [0.2, 0.25) is 11.4 Å². The zero-order chi connectivity index (χ0) is 25.8. The zero-order valence-electron chi connectivity index (χ0n) is 21.0. The van der Waals surface area contributed by atoms with E-state index in [1.54, 1.807) is 45.2 Å². The third-order valence-electron chi connectivity index (χ3n) is 6.58. The van der Waals surface area contributed by atoms with Crippen LogP contribution in [0.3, 0.4) is 0 Å². The predicted molar refractivity (Wildman–Crippen MR) is 136 cm³/mol. The molecule has 2 aromatic rings. The molecule has 3 rings (SSSR count). The van der Waals surface area contributed by atoms with Gasteiger partial charge in [-0.15, -0.1) is 0 Å². The molecule has 1 heterocycles. The highest BCUT2D eigenvalue weighted by atomic mass is 16.6. The van der Waals surface area contributed by atoms with Gasteiger partial charge in [-0.25, -0.2) is 0 Å². The number of nitro groups is 1. The van der Waals surface area contributed by atoms with E-state index in [1.807, 2.05) is 32.0 Å². The monoisotopic (exact) mass is 479 g/mol. The first-order chi connectivity index (χ1) is 16.5. The number of amides is 1. The Bertz CT molecular complexity index is 1170. The highest BCUT2D eigenvalue weighted by molar-refractivity contribution is 6.17. The van der Waals surface area contributed by atoms with E-state index in [9.17, 15) is 19.7 Å². The fraction of sp³-hybridized carbons (Fsp3) is 0.444. The van der Waals surface area contributed by atoms with Crippen molar-refractivity contribution >= 4 is 23.1 Å². The molecule has 0 aromatic heterocycles. The average molecular weight is 480 g/mol. The summed E-state index contributed by atoms with van der Waals surface area (Å²) in [7, 11) is 1.61. The normalized spacial score (nSPS) is 15.9. The van der Waals surface area contributed by atoms with Gasteiger partial charge in [-0.3, -0.25) is 24.7 Å². The number of nitrogens with zero attached hydrogens (tertiary/aromatic N) is 2. The summed E-state index contributed by atoms with van der Waals surface area (Å²) in [5, 5.41) is 14.0. The molecule has 35 heavy (non-hydrogen) atoms. The standard InChI is InChI=1S/C27H33N3O5/c1-6-27(4,30(33)34)13-12-25(32)28-20-9-7-8-18(14-20)24(31)16-23-22-15-21(35-5)11-10-19(22)17-26(2,3)29-23/h7-11,14-15H,6,12-13,16-17H2,1-5H3,(H,28,32). The number of hydrogen-bond donors (Lipinski definition) is 1. The number of ketones is 1. The molecular formula is C27H33N3O5. The molecular weight excluding hydrogens is 446 g/mol. The number of methoxy groups -OCH3 is 1. The van der Waals surface area contributed by atoms with Crippen LogP contribution in [0, 0.1) is 10.1 Å². The van der Waals surface area contributed by atoms with Gasteiger partial charge in [-0.05, 0) is 50.1 Å². The van der Waals surface area contributed by atoms with Crippen molar-refractivity contribution in [3.8, 4) is 5.75 Å². The first kappa shape index (κ1) is 26.1. The van der Waals surface area contributed by atoms with Gasteiger partial charge >= 0.3 is 0 Å². The minimum atomic E-state index is -1.14. The Balaban J connectivity index is 1.73. The molecule has 0 saturated heterocycles. The molecule has 0 bridgehead atoms. The van der Waals surface area contributed by atoms with Gasteiger partial charge < -0.3 is 10.1 Å². The fourth-order valence-corrected chi connectivity index (χ4v) is 4.20. The number of hydrogen-bond acceptors (Lipinski definition) is 6. The lowest BCUT2D eigenvalue weighted by atomic mass is 9.85. The van der Waals surface area contributed by atoms with Crippen LogP contribution in [-0.4, -0.2) is 40.5 Å². The van der Waals surface area contributed by atoms with Crippen LogP contribution in [0.5, 0.6) is 5.75 Å². The van der Waals surface area contributed by atoms with Crippen molar-refractivity contribution in [2.75, 3.05) is 12.4 Å². The van der Waals surface area contributed by atoms with Crippen LogP contribution in [0.1, 0.15) is 74.9 Å². The summed E-state index contributed by atoms with van der Waals surface area (Å²) in [4.78, 5) is 41.4. The summed E-state index contributed by atoms with van der Waals surface area (Å²) in [6, 6.07) is 12.6. The summed E-state index contributed by atoms with van der Waals surface area (Å²) >= 11 is 0. The molecule has 8 heteroatoms. The number of carbonyl (C=O) groups is 2. The van der Waals surface area contributed by atoms with Crippen molar-refractivity contribution in [3.05, 3.63) is 69.3 Å². The van der Waals surface area contributed by atoms with Gasteiger partial charge in [0.1, 0.15) is 5.75 Å². The second-order valence-corrected chi connectivity index (χ2v) is 9.91. The number of aliphatic imine (C=N–C) groups is 1. The zero-order valence-corrected chi connectivity index (χ0v) is 21.0. The number of benzene rings is 2. The first-order valence-electron chi connectivity index (χ1n) is 11.8. The highest BCUT2D eigenvalue weighted by Crippen LogP contribution is 2.31. The van der Waals surface area contributed by atoms with Gasteiger partial charge in [0, 0.05) is 47.9 Å². The Morgan fingerprint density at radius 1 is 1.23 bits per heavy atom. The molecule has 186 valence electrons. The number of ether oxygens (including phenoxy) is 1. The van der Waals surface area contributed by atoms with Crippen LogP contribution < -0.4 is 10.1 Å². The molecule has 8 nitrogen and oxygen atoms in total. The maximum absolute atomic E-state index is 13.2. The van der Waals surface area contributed by atoms with Crippen LogP contribution in [0.25, 0.3) is 0 Å². The van der Waals surface area contributed by atoms with Crippen molar-refractivity contribution in [2.24, 2.45) is 4.99 Å². The Morgan fingerprint density at radius 3 is 2.63 bits per heavy atom. The lowest BCUT2D eigenvalue weighted by Gasteiger charge is -2.29. The van der Waals surface area contributed by atoms with Crippen molar-refractivity contribution in [1.29, 1.82) is 0 Å². The van der Waals surface area contributed by atoms with E-state index >= 15 is 0 Å². The minimum absolute atomic E-state index is 0.0218. The number of rotatable bonds is 10. The molecule has 1 amide bonds. The van der Waals surface area contributed by atoms with E-state index in [1.165, 1.54) is 0 Å². The SMILES string of the molecule is CCC(C)(CCC(=O)Nc1cccc(C(=O)CC2=NC(C)(C)Cc3ccc(OC)cc32)c1)[N+](=O)[O-]. The summed E-state index contributed by atoms with van der Waals surface area (Å²) in [6.45, 7) is 7.37. The summed E-state index contributed by atoms with van der Waals surface area (Å²) < 4.78 is 5.37. The Labute approximate surface area is 205 Å².